The minimum atomic E-state index is -1.75. The van der Waals surface area contributed by atoms with E-state index in [0.29, 0.717) is 52.4 Å². The number of aliphatic hydroxyl groups is 1. The molecule has 0 bridgehead atoms. The predicted octanol–water partition coefficient (Wildman–Crippen LogP) is 7.08. The zero-order valence-corrected chi connectivity index (χ0v) is 28.4. The number of benzene rings is 3. The Hall–Kier alpha value is -3.69. The molecule has 2 amide bonds. The number of ether oxygens (including phenoxy) is 2. The van der Waals surface area contributed by atoms with E-state index in [1.807, 2.05) is 77.1 Å². The van der Waals surface area contributed by atoms with Crippen LogP contribution in [0.25, 0.3) is 0 Å². The lowest BCUT2D eigenvalue weighted by Crippen LogP contribution is -2.56. The third-order valence-corrected chi connectivity index (χ3v) is 8.80. The molecule has 9 heteroatoms. The Labute approximate surface area is 274 Å². The number of hydrogen-bond donors (Lipinski definition) is 3. The molecule has 1 aliphatic rings. The fraction of sp³-hybridized carbons (Fsp3) is 0.417. The summed E-state index contributed by atoms with van der Waals surface area (Å²) in [5, 5.41) is 17.8. The molecule has 8 nitrogen and oxygen atoms in total. The number of rotatable bonds is 11. The smallest absolute Gasteiger partial charge is 0.235 e. The fourth-order valence-corrected chi connectivity index (χ4v) is 6.76. The number of halogens is 1. The lowest BCUT2D eigenvalue weighted by atomic mass is 9.61. The Kier molecular flexibility index (Phi) is 11.1. The van der Waals surface area contributed by atoms with Gasteiger partial charge in [-0.05, 0) is 97.4 Å². The van der Waals surface area contributed by atoms with Crippen LogP contribution in [0.1, 0.15) is 70.6 Å². The molecule has 1 saturated carbocycles. The SMILES string of the molecule is CCOc1cc(C2C(C(=O)Nc3ccccc3CC)C(=O)CC(C)(O)C2C(=O)Nc2ccccc2CC)cc(Br)c1OC(C)C. The van der Waals surface area contributed by atoms with Crippen LogP contribution in [0, 0.1) is 11.8 Å². The molecule has 0 spiro atoms. The van der Waals surface area contributed by atoms with Gasteiger partial charge in [0.25, 0.3) is 0 Å². The lowest BCUT2D eigenvalue weighted by molar-refractivity contribution is -0.150. The Morgan fingerprint density at radius 2 is 1.51 bits per heavy atom. The maximum atomic E-state index is 14.3. The van der Waals surface area contributed by atoms with Crippen molar-refractivity contribution in [2.24, 2.45) is 11.8 Å². The average molecular weight is 680 g/mol. The van der Waals surface area contributed by atoms with Gasteiger partial charge in [-0.15, -0.1) is 0 Å². The molecular weight excluding hydrogens is 636 g/mol. The summed E-state index contributed by atoms with van der Waals surface area (Å²) in [4.78, 5) is 42.4. The molecular formula is C36H43BrN2O6. The standard InChI is InChI=1S/C36H43BrN2O6/c1-7-22-14-10-12-16-26(22)38-34(41)31-28(40)20-36(6,43)32(35(42)39-27-17-13-11-15-23(27)8-2)30(31)24-18-25(37)33(45-21(4)5)29(19-24)44-9-3/h10-19,21,30-32,43H,7-9,20H2,1-6H3,(H,38,41)(H,39,42). The van der Waals surface area contributed by atoms with Gasteiger partial charge in [-0.1, -0.05) is 50.2 Å². The average Bonchev–Trinajstić information content (AvgIpc) is 2.98. The zero-order chi connectivity index (χ0) is 32.9. The van der Waals surface area contributed by atoms with Crippen LogP contribution in [0.15, 0.2) is 65.1 Å². The number of nitrogens with one attached hydrogen (secondary N) is 2. The first kappa shape index (κ1) is 34.2. The monoisotopic (exact) mass is 678 g/mol. The van der Waals surface area contributed by atoms with E-state index < -0.39 is 41.0 Å². The number of aryl methyl sites for hydroxylation is 2. The van der Waals surface area contributed by atoms with Crippen molar-refractivity contribution >= 4 is 44.9 Å². The van der Waals surface area contributed by atoms with Gasteiger partial charge in [-0.25, -0.2) is 0 Å². The summed E-state index contributed by atoms with van der Waals surface area (Å²) in [5.41, 5.74) is 1.80. The molecule has 4 atom stereocenters. The summed E-state index contributed by atoms with van der Waals surface area (Å²) in [6.45, 7) is 11.4. The highest BCUT2D eigenvalue weighted by molar-refractivity contribution is 9.10. The van der Waals surface area contributed by atoms with E-state index in [-0.39, 0.29) is 12.5 Å². The Morgan fingerprint density at radius 1 is 0.956 bits per heavy atom. The van der Waals surface area contributed by atoms with Crippen molar-refractivity contribution in [1.82, 2.24) is 0 Å². The van der Waals surface area contributed by atoms with Crippen LogP contribution >= 0.6 is 15.9 Å². The van der Waals surface area contributed by atoms with E-state index in [2.05, 4.69) is 26.6 Å². The van der Waals surface area contributed by atoms with Crippen molar-refractivity contribution in [3.63, 3.8) is 0 Å². The number of carbonyl (C=O) groups is 3. The highest BCUT2D eigenvalue weighted by atomic mass is 79.9. The number of hydrogen-bond acceptors (Lipinski definition) is 6. The molecule has 240 valence electrons. The van der Waals surface area contributed by atoms with E-state index in [4.69, 9.17) is 9.47 Å². The predicted molar refractivity (Wildman–Crippen MR) is 180 cm³/mol. The second-order valence-corrected chi connectivity index (χ2v) is 12.8. The van der Waals surface area contributed by atoms with Gasteiger partial charge < -0.3 is 25.2 Å². The number of amides is 2. The van der Waals surface area contributed by atoms with Crippen LogP contribution < -0.4 is 20.1 Å². The molecule has 0 aromatic heterocycles. The first-order valence-corrected chi connectivity index (χ1v) is 16.4. The van der Waals surface area contributed by atoms with Crippen LogP contribution in [-0.4, -0.2) is 41.0 Å². The van der Waals surface area contributed by atoms with Crippen molar-refractivity contribution < 1.29 is 29.0 Å². The molecule has 3 aromatic rings. The van der Waals surface area contributed by atoms with Gasteiger partial charge in [0.1, 0.15) is 11.7 Å². The molecule has 0 saturated heterocycles. The molecule has 1 fully saturated rings. The van der Waals surface area contributed by atoms with Gasteiger partial charge in [-0.2, -0.15) is 0 Å². The number of ketones is 1. The molecule has 1 aliphatic carbocycles. The van der Waals surface area contributed by atoms with Crippen molar-refractivity contribution in [3.05, 3.63) is 81.8 Å². The Morgan fingerprint density at radius 3 is 2.04 bits per heavy atom. The number of para-hydroxylation sites is 2. The van der Waals surface area contributed by atoms with Crippen LogP contribution in [-0.2, 0) is 27.2 Å². The van der Waals surface area contributed by atoms with Gasteiger partial charge in [0.2, 0.25) is 11.8 Å². The summed E-state index contributed by atoms with van der Waals surface area (Å²) in [6.07, 6.45) is 0.844. The molecule has 3 N–H and O–H groups in total. The Balaban J connectivity index is 1.89. The minimum absolute atomic E-state index is 0.155. The first-order chi connectivity index (χ1) is 21.4. The third kappa shape index (κ3) is 7.59. The van der Waals surface area contributed by atoms with Crippen LogP contribution in [0.5, 0.6) is 11.5 Å². The normalized spacial score (nSPS) is 21.4. The van der Waals surface area contributed by atoms with Gasteiger partial charge in [0.15, 0.2) is 11.5 Å². The third-order valence-electron chi connectivity index (χ3n) is 8.21. The van der Waals surface area contributed by atoms with Gasteiger partial charge in [0, 0.05) is 23.7 Å². The van der Waals surface area contributed by atoms with E-state index in [0.717, 1.165) is 11.1 Å². The first-order valence-electron chi connectivity index (χ1n) is 15.6. The maximum absolute atomic E-state index is 14.3. The van der Waals surface area contributed by atoms with E-state index in [9.17, 15) is 19.5 Å². The largest absolute Gasteiger partial charge is 0.490 e. The van der Waals surface area contributed by atoms with E-state index >= 15 is 0 Å². The number of carbonyl (C=O) groups excluding carboxylic acids is 3. The summed E-state index contributed by atoms with van der Waals surface area (Å²) < 4.78 is 12.6. The number of anilines is 2. The highest BCUT2D eigenvalue weighted by Crippen LogP contribution is 2.49. The minimum Gasteiger partial charge on any atom is -0.490 e. The Bertz CT molecular complexity index is 1550. The lowest BCUT2D eigenvalue weighted by Gasteiger charge is -2.44. The summed E-state index contributed by atoms with van der Waals surface area (Å²) in [6, 6.07) is 18.3. The molecule has 4 rings (SSSR count). The highest BCUT2D eigenvalue weighted by Gasteiger charge is 2.56. The second kappa shape index (κ2) is 14.6. The van der Waals surface area contributed by atoms with Crippen molar-refractivity contribution in [2.75, 3.05) is 17.2 Å². The molecule has 0 aliphatic heterocycles. The van der Waals surface area contributed by atoms with E-state index in [1.54, 1.807) is 18.2 Å². The van der Waals surface area contributed by atoms with Gasteiger partial charge in [-0.3, -0.25) is 14.4 Å². The van der Waals surface area contributed by atoms with Gasteiger partial charge >= 0.3 is 0 Å². The van der Waals surface area contributed by atoms with Crippen LogP contribution in [0.3, 0.4) is 0 Å². The van der Waals surface area contributed by atoms with Crippen molar-refractivity contribution in [3.8, 4) is 11.5 Å². The summed E-state index contributed by atoms with van der Waals surface area (Å²) in [7, 11) is 0. The fourth-order valence-electron chi connectivity index (χ4n) is 6.21. The van der Waals surface area contributed by atoms with Crippen molar-refractivity contribution in [2.45, 2.75) is 78.4 Å². The van der Waals surface area contributed by atoms with Crippen LogP contribution in [0.4, 0.5) is 11.4 Å². The molecule has 0 heterocycles. The van der Waals surface area contributed by atoms with Crippen LogP contribution in [0.2, 0.25) is 0 Å². The molecule has 0 radical (unpaired) electrons. The molecule has 3 aromatic carbocycles. The second-order valence-electron chi connectivity index (χ2n) is 11.9. The molecule has 45 heavy (non-hydrogen) atoms. The number of Topliss-reactive ketones (excluding diaryl/α,β-unsaturated/α-hetero) is 1. The van der Waals surface area contributed by atoms with Gasteiger partial charge in [0.05, 0.1) is 28.7 Å². The van der Waals surface area contributed by atoms with E-state index in [1.165, 1.54) is 6.92 Å². The summed E-state index contributed by atoms with van der Waals surface area (Å²) in [5.74, 6) is -4.08. The zero-order valence-electron chi connectivity index (χ0n) is 26.8. The van der Waals surface area contributed by atoms with Crippen molar-refractivity contribution in [1.29, 1.82) is 0 Å². The summed E-state index contributed by atoms with van der Waals surface area (Å²) >= 11 is 3.61. The quantitative estimate of drug-likeness (QED) is 0.187. The maximum Gasteiger partial charge on any atom is 0.235 e. The topological polar surface area (TPSA) is 114 Å². The molecule has 4 unspecified atom stereocenters.